The number of carbonyl (C=O) groups is 1. The fourth-order valence-electron chi connectivity index (χ4n) is 2.09. The van der Waals surface area contributed by atoms with Gasteiger partial charge in [-0.05, 0) is 46.0 Å². The van der Waals surface area contributed by atoms with Crippen molar-refractivity contribution < 1.29 is 14.3 Å². The molecule has 1 rings (SSSR count). The smallest absolute Gasteiger partial charge is 0.333 e. The molecular weight excluding hydrogens is 204 g/mol. The molecule has 0 N–H and O–H groups in total. The molecule has 0 amide bonds. The molecule has 1 aliphatic carbocycles. The number of esters is 1. The molecule has 16 heavy (non-hydrogen) atoms. The second kappa shape index (κ2) is 5.48. The lowest BCUT2D eigenvalue weighted by Crippen LogP contribution is -2.31. The molecule has 1 fully saturated rings. The summed E-state index contributed by atoms with van der Waals surface area (Å²) in [5.74, 6) is -0.279. The van der Waals surface area contributed by atoms with Crippen molar-refractivity contribution in [1.82, 2.24) is 0 Å². The zero-order valence-corrected chi connectivity index (χ0v) is 10.5. The summed E-state index contributed by atoms with van der Waals surface area (Å²) in [6.07, 6.45) is 5.13. The molecule has 3 heteroatoms. The number of rotatable bonds is 3. The third kappa shape index (κ3) is 3.63. The van der Waals surface area contributed by atoms with E-state index in [-0.39, 0.29) is 11.6 Å². The molecule has 0 aromatic rings. The van der Waals surface area contributed by atoms with E-state index in [1.165, 1.54) is 0 Å². The van der Waals surface area contributed by atoms with Gasteiger partial charge >= 0.3 is 5.97 Å². The minimum atomic E-state index is -0.344. The summed E-state index contributed by atoms with van der Waals surface area (Å²) in [6.45, 7) is 7.29. The molecule has 2 unspecified atom stereocenters. The zero-order valence-electron chi connectivity index (χ0n) is 10.5. The number of ether oxygens (including phenoxy) is 2. The standard InChI is InChI=1S/C13H22O3/c1-10(2)12(14)16-13(3)8-5-6-11(15-4)7-9-13/h11H,1,5-9H2,2-4H3. The van der Waals surface area contributed by atoms with E-state index in [2.05, 4.69) is 6.58 Å². The van der Waals surface area contributed by atoms with E-state index in [0.29, 0.717) is 11.7 Å². The minimum Gasteiger partial charge on any atom is -0.456 e. The quantitative estimate of drug-likeness (QED) is 0.422. The van der Waals surface area contributed by atoms with Gasteiger partial charge in [0.15, 0.2) is 0 Å². The van der Waals surface area contributed by atoms with Crippen LogP contribution in [0.25, 0.3) is 0 Å². The Balaban J connectivity index is 2.56. The average molecular weight is 226 g/mol. The van der Waals surface area contributed by atoms with Gasteiger partial charge in [-0.1, -0.05) is 6.58 Å². The molecule has 0 bridgehead atoms. The Morgan fingerprint density at radius 1 is 1.38 bits per heavy atom. The normalized spacial score (nSPS) is 30.6. The lowest BCUT2D eigenvalue weighted by Gasteiger charge is -2.28. The maximum Gasteiger partial charge on any atom is 0.333 e. The van der Waals surface area contributed by atoms with Crippen LogP contribution in [0.5, 0.6) is 0 Å². The van der Waals surface area contributed by atoms with Gasteiger partial charge in [0.1, 0.15) is 5.60 Å². The molecule has 0 heterocycles. The molecule has 3 nitrogen and oxygen atoms in total. The zero-order chi connectivity index (χ0) is 12.2. The summed E-state index contributed by atoms with van der Waals surface area (Å²) in [6, 6.07) is 0. The summed E-state index contributed by atoms with van der Waals surface area (Å²) < 4.78 is 10.9. The molecule has 0 spiro atoms. The van der Waals surface area contributed by atoms with Gasteiger partial charge in [-0.25, -0.2) is 4.79 Å². The van der Waals surface area contributed by atoms with Crippen molar-refractivity contribution >= 4 is 5.97 Å². The summed E-state index contributed by atoms with van der Waals surface area (Å²) in [7, 11) is 1.74. The van der Waals surface area contributed by atoms with Crippen LogP contribution in [-0.2, 0) is 14.3 Å². The Kier molecular flexibility index (Phi) is 4.54. The van der Waals surface area contributed by atoms with Gasteiger partial charge in [-0.2, -0.15) is 0 Å². The molecular formula is C13H22O3. The SMILES string of the molecule is C=C(C)C(=O)OC1(C)CCCC(OC)CC1. The van der Waals surface area contributed by atoms with Gasteiger partial charge < -0.3 is 9.47 Å². The molecule has 92 valence electrons. The Morgan fingerprint density at radius 2 is 2.06 bits per heavy atom. The summed E-state index contributed by atoms with van der Waals surface area (Å²) in [5, 5.41) is 0. The van der Waals surface area contributed by atoms with E-state index < -0.39 is 0 Å². The number of hydrogen-bond acceptors (Lipinski definition) is 3. The van der Waals surface area contributed by atoms with Gasteiger partial charge in [0.05, 0.1) is 6.10 Å². The van der Waals surface area contributed by atoms with Crippen molar-refractivity contribution in [2.24, 2.45) is 0 Å². The number of carbonyl (C=O) groups excluding carboxylic acids is 1. The van der Waals surface area contributed by atoms with Gasteiger partial charge in [-0.15, -0.1) is 0 Å². The highest BCUT2D eigenvalue weighted by Crippen LogP contribution is 2.31. The maximum atomic E-state index is 11.5. The molecule has 0 radical (unpaired) electrons. The highest BCUT2D eigenvalue weighted by Gasteiger charge is 2.32. The number of methoxy groups -OCH3 is 1. The van der Waals surface area contributed by atoms with E-state index in [9.17, 15) is 4.79 Å². The van der Waals surface area contributed by atoms with Crippen LogP contribution in [0.15, 0.2) is 12.2 Å². The molecule has 1 saturated carbocycles. The largest absolute Gasteiger partial charge is 0.456 e. The van der Waals surface area contributed by atoms with Crippen LogP contribution in [0.1, 0.15) is 46.0 Å². The van der Waals surface area contributed by atoms with Crippen molar-refractivity contribution in [2.45, 2.75) is 57.7 Å². The predicted octanol–water partition coefficient (Wildman–Crippen LogP) is 2.84. The first kappa shape index (κ1) is 13.2. The topological polar surface area (TPSA) is 35.5 Å². The number of hydrogen-bond donors (Lipinski definition) is 0. The van der Waals surface area contributed by atoms with Crippen molar-refractivity contribution in [3.63, 3.8) is 0 Å². The van der Waals surface area contributed by atoms with Gasteiger partial charge in [0.2, 0.25) is 0 Å². The van der Waals surface area contributed by atoms with E-state index in [4.69, 9.17) is 9.47 Å². The highest BCUT2D eigenvalue weighted by molar-refractivity contribution is 5.87. The first-order valence-electron chi connectivity index (χ1n) is 5.88. The van der Waals surface area contributed by atoms with Gasteiger partial charge in [-0.3, -0.25) is 0 Å². The van der Waals surface area contributed by atoms with E-state index in [0.717, 1.165) is 32.1 Å². The molecule has 0 aromatic carbocycles. The fraction of sp³-hybridized carbons (Fsp3) is 0.769. The second-order valence-electron chi connectivity index (χ2n) is 4.91. The lowest BCUT2D eigenvalue weighted by molar-refractivity contribution is -0.154. The Hall–Kier alpha value is -0.830. The highest BCUT2D eigenvalue weighted by atomic mass is 16.6. The van der Waals surface area contributed by atoms with Crippen LogP contribution < -0.4 is 0 Å². The fourth-order valence-corrected chi connectivity index (χ4v) is 2.09. The van der Waals surface area contributed by atoms with E-state index in [1.807, 2.05) is 6.92 Å². The van der Waals surface area contributed by atoms with Crippen molar-refractivity contribution in [2.75, 3.05) is 7.11 Å². The van der Waals surface area contributed by atoms with Crippen LogP contribution in [0.2, 0.25) is 0 Å². The predicted molar refractivity (Wildman–Crippen MR) is 63.2 cm³/mol. The Bertz CT molecular complexity index is 272. The second-order valence-corrected chi connectivity index (χ2v) is 4.91. The van der Waals surface area contributed by atoms with Crippen LogP contribution in [-0.4, -0.2) is 24.8 Å². The summed E-state index contributed by atoms with van der Waals surface area (Å²) in [4.78, 5) is 11.5. The average Bonchev–Trinajstić information content (AvgIpc) is 2.40. The molecule has 2 atom stereocenters. The van der Waals surface area contributed by atoms with Gasteiger partial charge in [0, 0.05) is 12.7 Å². The molecule has 0 aliphatic heterocycles. The van der Waals surface area contributed by atoms with Crippen LogP contribution in [0.4, 0.5) is 0 Å². The lowest BCUT2D eigenvalue weighted by atomic mass is 9.96. The van der Waals surface area contributed by atoms with Crippen molar-refractivity contribution in [3.8, 4) is 0 Å². The third-order valence-electron chi connectivity index (χ3n) is 3.25. The van der Waals surface area contributed by atoms with Gasteiger partial charge in [0.25, 0.3) is 0 Å². The molecule has 0 aromatic heterocycles. The Labute approximate surface area is 97.8 Å². The Morgan fingerprint density at radius 3 is 2.62 bits per heavy atom. The monoisotopic (exact) mass is 226 g/mol. The van der Waals surface area contributed by atoms with Crippen LogP contribution in [0.3, 0.4) is 0 Å². The van der Waals surface area contributed by atoms with E-state index >= 15 is 0 Å². The first-order chi connectivity index (χ1) is 7.47. The molecule has 0 saturated heterocycles. The van der Waals surface area contributed by atoms with Crippen LogP contribution in [0, 0.1) is 0 Å². The minimum absolute atomic E-state index is 0.279. The molecule has 1 aliphatic rings. The summed E-state index contributed by atoms with van der Waals surface area (Å²) in [5.41, 5.74) is 0.123. The first-order valence-corrected chi connectivity index (χ1v) is 5.88. The van der Waals surface area contributed by atoms with Crippen molar-refractivity contribution in [1.29, 1.82) is 0 Å². The van der Waals surface area contributed by atoms with E-state index in [1.54, 1.807) is 14.0 Å². The maximum absolute atomic E-state index is 11.5. The third-order valence-corrected chi connectivity index (χ3v) is 3.25. The van der Waals surface area contributed by atoms with Crippen molar-refractivity contribution in [3.05, 3.63) is 12.2 Å². The van der Waals surface area contributed by atoms with Crippen LogP contribution >= 0.6 is 0 Å². The summed E-state index contributed by atoms with van der Waals surface area (Å²) >= 11 is 0.